The molecule has 0 aliphatic carbocycles. The third kappa shape index (κ3) is 2.45. The highest BCUT2D eigenvalue weighted by atomic mass is 16.7. The van der Waals surface area contributed by atoms with Crippen LogP contribution in [0, 0.1) is 5.92 Å². The van der Waals surface area contributed by atoms with E-state index >= 15 is 0 Å². The van der Waals surface area contributed by atoms with E-state index in [0.717, 1.165) is 12.5 Å². The predicted octanol–water partition coefficient (Wildman–Crippen LogP) is 0.248. The molecule has 3 heterocycles. The molecule has 0 aromatic rings. The van der Waals surface area contributed by atoms with Gasteiger partial charge in [0, 0.05) is 19.7 Å². The molecule has 4 heteroatoms. The van der Waals surface area contributed by atoms with Gasteiger partial charge in [-0.15, -0.1) is 0 Å². The summed E-state index contributed by atoms with van der Waals surface area (Å²) in [4.78, 5) is 7.88. The number of methoxy groups -OCH3 is 1. The quantitative estimate of drug-likeness (QED) is 0.509. The third-order valence-corrected chi connectivity index (χ3v) is 3.28. The number of rotatable bonds is 5. The summed E-state index contributed by atoms with van der Waals surface area (Å²) in [6.07, 6.45) is 2.65. The lowest BCUT2D eigenvalue weighted by atomic mass is 9.84. The Bertz CT molecular complexity index is 170. The number of hydroxylamine groups is 1. The first-order valence-corrected chi connectivity index (χ1v) is 5.49. The lowest BCUT2D eigenvalue weighted by Gasteiger charge is -2.44. The SMILES string of the molecule is COCCONC1CN2CCC1CC2. The van der Waals surface area contributed by atoms with Crippen molar-refractivity contribution in [3.63, 3.8) is 0 Å². The Morgan fingerprint density at radius 3 is 2.64 bits per heavy atom. The monoisotopic (exact) mass is 200 g/mol. The van der Waals surface area contributed by atoms with Gasteiger partial charge in [-0.25, -0.2) is 0 Å². The van der Waals surface area contributed by atoms with E-state index in [0.29, 0.717) is 19.3 Å². The molecule has 0 aromatic carbocycles. The van der Waals surface area contributed by atoms with Crippen molar-refractivity contribution < 1.29 is 9.57 Å². The predicted molar refractivity (Wildman–Crippen MR) is 53.9 cm³/mol. The van der Waals surface area contributed by atoms with E-state index in [2.05, 4.69) is 10.4 Å². The summed E-state index contributed by atoms with van der Waals surface area (Å²) in [6, 6.07) is 0.536. The molecule has 1 atom stereocenters. The molecule has 1 unspecified atom stereocenters. The fourth-order valence-electron chi connectivity index (χ4n) is 2.39. The van der Waals surface area contributed by atoms with Crippen LogP contribution in [0.5, 0.6) is 0 Å². The molecular weight excluding hydrogens is 180 g/mol. The van der Waals surface area contributed by atoms with Crippen molar-refractivity contribution in [2.24, 2.45) is 5.92 Å². The standard InChI is InChI=1S/C10H20N2O2/c1-13-6-7-14-11-10-8-12-4-2-9(10)3-5-12/h9-11H,2-8H2,1H3. The molecule has 4 nitrogen and oxygen atoms in total. The van der Waals surface area contributed by atoms with Gasteiger partial charge in [0.05, 0.1) is 13.2 Å². The highest BCUT2D eigenvalue weighted by Gasteiger charge is 2.33. The minimum absolute atomic E-state index is 0.536. The van der Waals surface area contributed by atoms with Gasteiger partial charge < -0.3 is 9.64 Å². The molecular formula is C10H20N2O2. The third-order valence-electron chi connectivity index (χ3n) is 3.28. The Hall–Kier alpha value is -0.160. The summed E-state index contributed by atoms with van der Waals surface area (Å²) >= 11 is 0. The van der Waals surface area contributed by atoms with E-state index in [9.17, 15) is 0 Å². The number of hydrogen-bond donors (Lipinski definition) is 1. The topological polar surface area (TPSA) is 33.7 Å². The van der Waals surface area contributed by atoms with Crippen LogP contribution in [0.25, 0.3) is 0 Å². The van der Waals surface area contributed by atoms with E-state index in [1.807, 2.05) is 0 Å². The molecule has 0 aromatic heterocycles. The molecule has 3 rings (SSSR count). The maximum atomic E-state index is 5.36. The van der Waals surface area contributed by atoms with Crippen molar-refractivity contribution in [1.29, 1.82) is 0 Å². The molecule has 3 fully saturated rings. The fourth-order valence-corrected chi connectivity index (χ4v) is 2.39. The minimum Gasteiger partial charge on any atom is -0.382 e. The lowest BCUT2D eigenvalue weighted by molar-refractivity contribution is -0.0564. The molecule has 3 saturated heterocycles. The van der Waals surface area contributed by atoms with Crippen molar-refractivity contribution in [1.82, 2.24) is 10.4 Å². The molecule has 2 bridgehead atoms. The van der Waals surface area contributed by atoms with Crippen molar-refractivity contribution in [2.45, 2.75) is 18.9 Å². The van der Waals surface area contributed by atoms with E-state index in [4.69, 9.17) is 9.57 Å². The smallest absolute Gasteiger partial charge is 0.0916 e. The number of hydrogen-bond acceptors (Lipinski definition) is 4. The zero-order valence-electron chi connectivity index (χ0n) is 8.87. The Balaban J connectivity index is 1.66. The number of piperidine rings is 3. The second kappa shape index (κ2) is 5.07. The van der Waals surface area contributed by atoms with Crippen LogP contribution >= 0.6 is 0 Å². The van der Waals surface area contributed by atoms with E-state index in [1.54, 1.807) is 7.11 Å². The van der Waals surface area contributed by atoms with Gasteiger partial charge in [-0.2, -0.15) is 5.48 Å². The largest absolute Gasteiger partial charge is 0.382 e. The highest BCUT2D eigenvalue weighted by Crippen LogP contribution is 2.27. The summed E-state index contributed by atoms with van der Waals surface area (Å²) in [6.45, 7) is 5.01. The van der Waals surface area contributed by atoms with Gasteiger partial charge in [0.15, 0.2) is 0 Å². The lowest BCUT2D eigenvalue weighted by Crippen LogP contribution is -2.56. The molecule has 3 aliphatic rings. The van der Waals surface area contributed by atoms with Crippen LogP contribution in [0.2, 0.25) is 0 Å². The Morgan fingerprint density at radius 2 is 2.07 bits per heavy atom. The zero-order chi connectivity index (χ0) is 9.80. The van der Waals surface area contributed by atoms with Crippen LogP contribution in [-0.4, -0.2) is 50.9 Å². The van der Waals surface area contributed by atoms with Crippen molar-refractivity contribution in [3.05, 3.63) is 0 Å². The van der Waals surface area contributed by atoms with E-state index < -0.39 is 0 Å². The number of ether oxygens (including phenoxy) is 1. The van der Waals surface area contributed by atoms with Crippen LogP contribution in [0.3, 0.4) is 0 Å². The molecule has 0 radical (unpaired) electrons. The maximum Gasteiger partial charge on any atom is 0.0916 e. The molecule has 0 amide bonds. The number of nitrogens with zero attached hydrogens (tertiary/aromatic N) is 1. The number of nitrogens with one attached hydrogen (secondary N) is 1. The van der Waals surface area contributed by atoms with Gasteiger partial charge in [0.1, 0.15) is 0 Å². The van der Waals surface area contributed by atoms with Gasteiger partial charge in [0.2, 0.25) is 0 Å². The van der Waals surface area contributed by atoms with Crippen molar-refractivity contribution in [3.8, 4) is 0 Å². The van der Waals surface area contributed by atoms with Crippen LogP contribution in [0.4, 0.5) is 0 Å². The number of fused-ring (bicyclic) bond motifs is 3. The Labute approximate surface area is 85.5 Å². The normalized spacial score (nSPS) is 36.2. The first kappa shape index (κ1) is 10.4. The Kier molecular flexibility index (Phi) is 3.75. The van der Waals surface area contributed by atoms with Gasteiger partial charge >= 0.3 is 0 Å². The van der Waals surface area contributed by atoms with Crippen LogP contribution in [0.15, 0.2) is 0 Å². The molecule has 0 saturated carbocycles. The van der Waals surface area contributed by atoms with Gasteiger partial charge in [0.25, 0.3) is 0 Å². The summed E-state index contributed by atoms with van der Waals surface area (Å²) < 4.78 is 4.92. The van der Waals surface area contributed by atoms with Gasteiger partial charge in [-0.1, -0.05) is 0 Å². The molecule has 14 heavy (non-hydrogen) atoms. The Morgan fingerprint density at radius 1 is 1.29 bits per heavy atom. The minimum atomic E-state index is 0.536. The summed E-state index contributed by atoms with van der Waals surface area (Å²) in [5.41, 5.74) is 3.17. The second-order valence-corrected chi connectivity index (χ2v) is 4.20. The van der Waals surface area contributed by atoms with Crippen LogP contribution in [-0.2, 0) is 9.57 Å². The zero-order valence-corrected chi connectivity index (χ0v) is 8.87. The summed E-state index contributed by atoms with van der Waals surface area (Å²) in [5, 5.41) is 0. The molecule has 3 aliphatic heterocycles. The summed E-state index contributed by atoms with van der Waals surface area (Å²) in [5.74, 6) is 0.822. The van der Waals surface area contributed by atoms with Gasteiger partial charge in [-0.05, 0) is 31.8 Å². The molecule has 1 N–H and O–H groups in total. The van der Waals surface area contributed by atoms with E-state index in [1.165, 1.54) is 25.9 Å². The molecule has 0 spiro atoms. The van der Waals surface area contributed by atoms with Gasteiger partial charge in [-0.3, -0.25) is 4.84 Å². The van der Waals surface area contributed by atoms with E-state index in [-0.39, 0.29) is 0 Å². The average molecular weight is 200 g/mol. The van der Waals surface area contributed by atoms with Crippen LogP contribution in [0.1, 0.15) is 12.8 Å². The first-order valence-electron chi connectivity index (χ1n) is 5.49. The molecule has 82 valence electrons. The maximum absolute atomic E-state index is 5.36. The average Bonchev–Trinajstić information content (AvgIpc) is 2.26. The fraction of sp³-hybridized carbons (Fsp3) is 1.00. The summed E-state index contributed by atoms with van der Waals surface area (Å²) in [7, 11) is 1.69. The van der Waals surface area contributed by atoms with Crippen molar-refractivity contribution >= 4 is 0 Å². The first-order chi connectivity index (χ1) is 6.90. The second-order valence-electron chi connectivity index (χ2n) is 4.20. The highest BCUT2D eigenvalue weighted by molar-refractivity contribution is 4.89. The van der Waals surface area contributed by atoms with Crippen LogP contribution < -0.4 is 5.48 Å². The van der Waals surface area contributed by atoms with Crippen molar-refractivity contribution in [2.75, 3.05) is 40.0 Å².